The molecule has 1 aromatic heterocycles. The molecule has 0 bridgehead atoms. The number of carbonyl (C=O) groups is 1. The molecular formula is C19H25N3O4S. The zero-order valence-electron chi connectivity index (χ0n) is 15.9. The van der Waals surface area contributed by atoms with Gasteiger partial charge in [-0.25, -0.2) is 8.42 Å². The fraction of sp³-hybridized carbons (Fsp3) is 0.368. The molecule has 0 saturated carbocycles. The molecule has 1 aromatic carbocycles. The lowest BCUT2D eigenvalue weighted by atomic mass is 10.0. The van der Waals surface area contributed by atoms with Gasteiger partial charge in [-0.2, -0.15) is 4.72 Å². The first-order valence-corrected chi connectivity index (χ1v) is 10.1. The summed E-state index contributed by atoms with van der Waals surface area (Å²) in [7, 11) is -2.54. The first kappa shape index (κ1) is 20.9. The first-order chi connectivity index (χ1) is 12.7. The summed E-state index contributed by atoms with van der Waals surface area (Å²) in [6, 6.07) is 7.56. The molecule has 2 rings (SSSR count). The fourth-order valence-corrected chi connectivity index (χ4v) is 4.12. The van der Waals surface area contributed by atoms with Crippen molar-refractivity contribution in [2.45, 2.75) is 38.3 Å². The fourth-order valence-electron chi connectivity index (χ4n) is 2.52. The third-order valence-electron chi connectivity index (χ3n) is 4.03. The molecule has 0 saturated heterocycles. The number of carbonyl (C=O) groups excluding carboxylic acids is 1. The largest absolute Gasteiger partial charge is 0.495 e. The third-order valence-corrected chi connectivity index (χ3v) is 5.49. The molecule has 8 heteroatoms. The van der Waals surface area contributed by atoms with Crippen LogP contribution >= 0.6 is 0 Å². The topological polar surface area (TPSA) is 97.4 Å². The van der Waals surface area contributed by atoms with E-state index in [4.69, 9.17) is 4.74 Å². The molecule has 1 atom stereocenters. The van der Waals surface area contributed by atoms with Crippen LogP contribution in [0.1, 0.15) is 25.0 Å². The van der Waals surface area contributed by atoms with Crippen molar-refractivity contribution < 1.29 is 17.9 Å². The molecule has 2 aromatic rings. The van der Waals surface area contributed by atoms with Crippen molar-refractivity contribution in [3.05, 3.63) is 53.9 Å². The van der Waals surface area contributed by atoms with Crippen molar-refractivity contribution in [2.75, 3.05) is 7.11 Å². The summed E-state index contributed by atoms with van der Waals surface area (Å²) in [5.41, 5.74) is 1.61. The Kier molecular flexibility index (Phi) is 6.92. The summed E-state index contributed by atoms with van der Waals surface area (Å²) in [6.45, 7) is 5.62. The average Bonchev–Trinajstić information content (AvgIpc) is 2.65. The Hall–Kier alpha value is -2.45. The van der Waals surface area contributed by atoms with E-state index >= 15 is 0 Å². The van der Waals surface area contributed by atoms with Crippen LogP contribution in [0.2, 0.25) is 0 Å². The molecule has 0 aliphatic carbocycles. The van der Waals surface area contributed by atoms with Crippen molar-refractivity contribution in [2.24, 2.45) is 5.92 Å². The number of pyridine rings is 1. The van der Waals surface area contributed by atoms with Crippen molar-refractivity contribution in [1.29, 1.82) is 0 Å². The third kappa shape index (κ3) is 5.51. The summed E-state index contributed by atoms with van der Waals surface area (Å²) in [5, 5.41) is 2.76. The van der Waals surface area contributed by atoms with E-state index in [2.05, 4.69) is 15.0 Å². The van der Waals surface area contributed by atoms with E-state index in [1.165, 1.54) is 13.2 Å². The number of ether oxygens (including phenoxy) is 1. The van der Waals surface area contributed by atoms with Gasteiger partial charge in [0.05, 0.1) is 7.11 Å². The number of hydrogen-bond donors (Lipinski definition) is 2. The highest BCUT2D eigenvalue weighted by atomic mass is 32.2. The second kappa shape index (κ2) is 8.96. The van der Waals surface area contributed by atoms with Gasteiger partial charge in [0.15, 0.2) is 0 Å². The number of nitrogens with zero attached hydrogens (tertiary/aromatic N) is 1. The highest BCUT2D eigenvalue weighted by molar-refractivity contribution is 7.89. The average molecular weight is 391 g/mol. The minimum Gasteiger partial charge on any atom is -0.495 e. The number of methoxy groups -OCH3 is 1. The van der Waals surface area contributed by atoms with Gasteiger partial charge < -0.3 is 10.1 Å². The van der Waals surface area contributed by atoms with Gasteiger partial charge in [-0.1, -0.05) is 26.0 Å². The van der Waals surface area contributed by atoms with Crippen LogP contribution in [-0.4, -0.2) is 32.5 Å². The van der Waals surface area contributed by atoms with Crippen LogP contribution in [0, 0.1) is 12.8 Å². The molecule has 0 aliphatic rings. The smallest absolute Gasteiger partial charge is 0.244 e. The molecule has 0 radical (unpaired) electrons. The maximum Gasteiger partial charge on any atom is 0.244 e. The van der Waals surface area contributed by atoms with Crippen LogP contribution in [0.4, 0.5) is 0 Å². The van der Waals surface area contributed by atoms with E-state index in [0.717, 1.165) is 11.1 Å². The van der Waals surface area contributed by atoms with Crippen LogP contribution in [-0.2, 0) is 21.4 Å². The molecule has 0 aliphatic heterocycles. The van der Waals surface area contributed by atoms with Crippen molar-refractivity contribution in [3.63, 3.8) is 0 Å². The summed E-state index contributed by atoms with van der Waals surface area (Å²) in [6.07, 6.45) is 3.29. The molecule has 2 N–H and O–H groups in total. The second-order valence-corrected chi connectivity index (χ2v) is 8.26. The Morgan fingerprint density at radius 2 is 2.00 bits per heavy atom. The maximum atomic E-state index is 12.9. The number of sulfonamides is 1. The highest BCUT2D eigenvalue weighted by Crippen LogP contribution is 2.25. The summed E-state index contributed by atoms with van der Waals surface area (Å²) in [5.74, 6) is -0.417. The monoisotopic (exact) mass is 391 g/mol. The van der Waals surface area contributed by atoms with Crippen molar-refractivity contribution in [1.82, 2.24) is 15.0 Å². The SMILES string of the molecule is COc1ccc(C)cc1S(=O)(=O)N[C@H](C(=O)NCc1cccnc1)C(C)C. The van der Waals surface area contributed by atoms with Gasteiger partial charge in [0.2, 0.25) is 15.9 Å². The molecule has 0 unspecified atom stereocenters. The first-order valence-electron chi connectivity index (χ1n) is 8.58. The van der Waals surface area contributed by atoms with Crippen molar-refractivity contribution >= 4 is 15.9 Å². The zero-order chi connectivity index (χ0) is 20.0. The number of aryl methyl sites for hydroxylation is 1. The Balaban J connectivity index is 2.19. The lowest BCUT2D eigenvalue weighted by molar-refractivity contribution is -0.123. The molecular weight excluding hydrogens is 366 g/mol. The Labute approximate surface area is 160 Å². The Morgan fingerprint density at radius 1 is 1.26 bits per heavy atom. The number of rotatable bonds is 8. The van der Waals surface area contributed by atoms with Gasteiger partial charge in [0, 0.05) is 18.9 Å². The molecule has 0 spiro atoms. The van der Waals surface area contributed by atoms with E-state index in [0.29, 0.717) is 0 Å². The molecule has 1 amide bonds. The number of hydrogen-bond acceptors (Lipinski definition) is 5. The van der Waals surface area contributed by atoms with Gasteiger partial charge >= 0.3 is 0 Å². The van der Waals surface area contributed by atoms with Crippen molar-refractivity contribution in [3.8, 4) is 5.75 Å². The van der Waals surface area contributed by atoms with Crippen LogP contribution < -0.4 is 14.8 Å². The van der Waals surface area contributed by atoms with E-state index in [9.17, 15) is 13.2 Å². The van der Waals surface area contributed by atoms with Crippen LogP contribution in [0.5, 0.6) is 5.75 Å². The molecule has 27 heavy (non-hydrogen) atoms. The van der Waals surface area contributed by atoms with Gasteiger partial charge in [-0.05, 0) is 42.2 Å². The zero-order valence-corrected chi connectivity index (χ0v) is 16.7. The molecule has 0 fully saturated rings. The number of nitrogens with one attached hydrogen (secondary N) is 2. The maximum absolute atomic E-state index is 12.9. The van der Waals surface area contributed by atoms with Gasteiger partial charge in [0.25, 0.3) is 0 Å². The van der Waals surface area contributed by atoms with E-state index in [-0.39, 0.29) is 23.1 Å². The van der Waals surface area contributed by atoms with Crippen LogP contribution in [0.15, 0.2) is 47.6 Å². The minimum absolute atomic E-state index is 0.00992. The standard InChI is InChI=1S/C19H25N3O4S/c1-13(2)18(19(23)21-12-15-6-5-9-20-11-15)22-27(24,25)17-10-14(3)7-8-16(17)26-4/h5-11,13,18,22H,12H2,1-4H3,(H,21,23)/t18-/m0/s1. The lowest BCUT2D eigenvalue weighted by Crippen LogP contribution is -2.49. The number of amides is 1. The second-order valence-electron chi connectivity index (χ2n) is 6.58. The molecule has 7 nitrogen and oxygen atoms in total. The van der Waals surface area contributed by atoms with Gasteiger partial charge in [0.1, 0.15) is 16.7 Å². The van der Waals surface area contributed by atoms with E-state index in [1.54, 1.807) is 51.4 Å². The minimum atomic E-state index is -3.95. The Morgan fingerprint density at radius 3 is 2.59 bits per heavy atom. The molecule has 146 valence electrons. The van der Waals surface area contributed by atoms with Crippen LogP contribution in [0.3, 0.4) is 0 Å². The van der Waals surface area contributed by atoms with E-state index < -0.39 is 22.0 Å². The van der Waals surface area contributed by atoms with Crippen LogP contribution in [0.25, 0.3) is 0 Å². The quantitative estimate of drug-likeness (QED) is 0.717. The lowest BCUT2D eigenvalue weighted by Gasteiger charge is -2.22. The Bertz CT molecular complexity index is 883. The summed E-state index contributed by atoms with van der Waals surface area (Å²) in [4.78, 5) is 16.6. The normalized spacial score (nSPS) is 12.6. The number of benzene rings is 1. The molecule has 1 heterocycles. The summed E-state index contributed by atoms with van der Waals surface area (Å²) < 4.78 is 33.4. The van der Waals surface area contributed by atoms with Gasteiger partial charge in [-0.15, -0.1) is 0 Å². The predicted molar refractivity (Wildman–Crippen MR) is 103 cm³/mol. The predicted octanol–water partition coefficient (Wildman–Crippen LogP) is 2.02. The van der Waals surface area contributed by atoms with E-state index in [1.807, 2.05) is 6.07 Å². The summed E-state index contributed by atoms with van der Waals surface area (Å²) >= 11 is 0. The number of aromatic nitrogens is 1. The van der Waals surface area contributed by atoms with Gasteiger partial charge in [-0.3, -0.25) is 9.78 Å². The highest BCUT2D eigenvalue weighted by Gasteiger charge is 2.30.